The first-order valence-corrected chi connectivity index (χ1v) is 7.82. The van der Waals surface area contributed by atoms with Crippen LogP contribution >= 0.6 is 12.4 Å². The molecule has 2 rings (SSSR count). The lowest BCUT2D eigenvalue weighted by atomic mass is 9.84. The largest absolute Gasteiger partial charge is 0.393 e. The summed E-state index contributed by atoms with van der Waals surface area (Å²) in [5, 5.41) is 16.1. The predicted octanol–water partition coefficient (Wildman–Crippen LogP) is 1.71. The maximum atomic E-state index is 12.0. The molecule has 5 heteroatoms. The van der Waals surface area contributed by atoms with E-state index in [4.69, 9.17) is 0 Å². The van der Waals surface area contributed by atoms with Crippen LogP contribution < -0.4 is 10.6 Å². The molecule has 3 atom stereocenters. The normalized spacial score (nSPS) is 28.7. The van der Waals surface area contributed by atoms with Crippen LogP contribution in [0.5, 0.6) is 0 Å². The second-order valence-electron chi connectivity index (χ2n) is 6.33. The summed E-state index contributed by atoms with van der Waals surface area (Å²) in [6, 6.07) is 0. The summed E-state index contributed by atoms with van der Waals surface area (Å²) in [7, 11) is 0. The lowest BCUT2D eigenvalue weighted by Gasteiger charge is -2.28. The van der Waals surface area contributed by atoms with Gasteiger partial charge in [-0.05, 0) is 50.6 Å². The zero-order valence-electron chi connectivity index (χ0n) is 12.4. The third-order valence-electron chi connectivity index (χ3n) is 4.88. The van der Waals surface area contributed by atoms with E-state index in [9.17, 15) is 9.90 Å². The van der Waals surface area contributed by atoms with Crippen LogP contribution in [0.25, 0.3) is 0 Å². The Balaban J connectivity index is 0.00000200. The fourth-order valence-corrected chi connectivity index (χ4v) is 3.44. The molecule has 0 spiro atoms. The van der Waals surface area contributed by atoms with Crippen LogP contribution in [0.15, 0.2) is 0 Å². The first-order valence-electron chi connectivity index (χ1n) is 7.82. The van der Waals surface area contributed by atoms with Crippen molar-refractivity contribution < 1.29 is 9.90 Å². The molecule has 2 fully saturated rings. The van der Waals surface area contributed by atoms with Crippen molar-refractivity contribution in [2.75, 3.05) is 19.6 Å². The SMILES string of the molecule is CC(CC(=O)NCC1CCCC1O)C1CCNCC1.Cl. The lowest BCUT2D eigenvalue weighted by Crippen LogP contribution is -2.36. The van der Waals surface area contributed by atoms with E-state index in [1.807, 2.05) is 0 Å². The van der Waals surface area contributed by atoms with Gasteiger partial charge >= 0.3 is 0 Å². The molecule has 1 aliphatic carbocycles. The third-order valence-corrected chi connectivity index (χ3v) is 4.88. The van der Waals surface area contributed by atoms with Crippen LogP contribution in [0.4, 0.5) is 0 Å². The van der Waals surface area contributed by atoms with Gasteiger partial charge in [0, 0.05) is 18.9 Å². The number of hydrogen-bond acceptors (Lipinski definition) is 3. The summed E-state index contributed by atoms with van der Waals surface area (Å²) >= 11 is 0. The van der Waals surface area contributed by atoms with Gasteiger partial charge in [-0.15, -0.1) is 12.4 Å². The molecule has 0 aromatic heterocycles. The average Bonchev–Trinajstić information content (AvgIpc) is 2.83. The summed E-state index contributed by atoms with van der Waals surface area (Å²) in [6.45, 7) is 5.02. The number of aliphatic hydroxyl groups is 1. The van der Waals surface area contributed by atoms with Gasteiger partial charge in [0.25, 0.3) is 0 Å². The Morgan fingerprint density at radius 2 is 2.00 bits per heavy atom. The minimum atomic E-state index is -0.206. The first-order chi connectivity index (χ1) is 9.16. The standard InChI is InChI=1S/C15H28N2O2.ClH/c1-11(12-5-7-16-8-6-12)9-15(19)17-10-13-3-2-4-14(13)18;/h11-14,16,18H,2-10H2,1H3,(H,17,19);1H. The van der Waals surface area contributed by atoms with Gasteiger partial charge in [-0.1, -0.05) is 13.3 Å². The monoisotopic (exact) mass is 304 g/mol. The van der Waals surface area contributed by atoms with Gasteiger partial charge in [0.1, 0.15) is 0 Å². The topological polar surface area (TPSA) is 61.4 Å². The highest BCUT2D eigenvalue weighted by Gasteiger charge is 2.26. The molecule has 1 amide bonds. The third kappa shape index (κ3) is 5.23. The van der Waals surface area contributed by atoms with Gasteiger partial charge in [0.15, 0.2) is 0 Å². The Bertz CT molecular complexity index is 296. The van der Waals surface area contributed by atoms with E-state index in [-0.39, 0.29) is 30.3 Å². The van der Waals surface area contributed by atoms with E-state index in [1.165, 1.54) is 12.8 Å². The number of carbonyl (C=O) groups is 1. The van der Waals surface area contributed by atoms with Crippen molar-refractivity contribution in [2.45, 2.75) is 51.6 Å². The minimum absolute atomic E-state index is 0. The number of aliphatic hydroxyl groups excluding tert-OH is 1. The Kier molecular flexibility index (Phi) is 7.85. The minimum Gasteiger partial charge on any atom is -0.393 e. The fraction of sp³-hybridized carbons (Fsp3) is 0.933. The van der Waals surface area contributed by atoms with Crippen molar-refractivity contribution in [3.63, 3.8) is 0 Å². The Labute approximate surface area is 128 Å². The maximum Gasteiger partial charge on any atom is 0.220 e. The molecule has 3 N–H and O–H groups in total. The van der Waals surface area contributed by atoms with Gasteiger partial charge < -0.3 is 15.7 Å². The first kappa shape index (κ1) is 17.7. The van der Waals surface area contributed by atoms with E-state index in [0.29, 0.717) is 24.8 Å². The number of piperidine rings is 1. The van der Waals surface area contributed by atoms with Crippen LogP contribution in [0, 0.1) is 17.8 Å². The van der Waals surface area contributed by atoms with E-state index in [0.717, 1.165) is 32.4 Å². The molecule has 0 radical (unpaired) electrons. The molecule has 3 unspecified atom stereocenters. The molecule has 2 aliphatic rings. The van der Waals surface area contributed by atoms with Gasteiger partial charge in [-0.3, -0.25) is 4.79 Å². The average molecular weight is 305 g/mol. The molecule has 1 saturated carbocycles. The molecule has 1 heterocycles. The molecular weight excluding hydrogens is 276 g/mol. The van der Waals surface area contributed by atoms with Crippen molar-refractivity contribution in [2.24, 2.45) is 17.8 Å². The van der Waals surface area contributed by atoms with Crippen molar-refractivity contribution in [1.29, 1.82) is 0 Å². The highest BCUT2D eigenvalue weighted by atomic mass is 35.5. The number of halogens is 1. The van der Waals surface area contributed by atoms with Gasteiger partial charge in [0.2, 0.25) is 5.91 Å². The number of nitrogens with one attached hydrogen (secondary N) is 2. The van der Waals surface area contributed by atoms with Crippen LogP contribution in [-0.4, -0.2) is 36.8 Å². The summed E-state index contributed by atoms with van der Waals surface area (Å²) in [6.07, 6.45) is 5.84. The number of amides is 1. The van der Waals surface area contributed by atoms with Crippen molar-refractivity contribution in [3.8, 4) is 0 Å². The van der Waals surface area contributed by atoms with Crippen LogP contribution in [0.1, 0.15) is 45.4 Å². The molecule has 4 nitrogen and oxygen atoms in total. The number of carbonyl (C=O) groups excluding carboxylic acids is 1. The molecule has 1 aliphatic heterocycles. The number of hydrogen-bond donors (Lipinski definition) is 3. The van der Waals surface area contributed by atoms with Crippen LogP contribution in [-0.2, 0) is 4.79 Å². The summed E-state index contributed by atoms with van der Waals surface area (Å²) in [4.78, 5) is 12.0. The molecule has 0 aromatic carbocycles. The quantitative estimate of drug-likeness (QED) is 0.725. The molecule has 118 valence electrons. The number of rotatable bonds is 5. The van der Waals surface area contributed by atoms with Crippen LogP contribution in [0.3, 0.4) is 0 Å². The Hall–Kier alpha value is -0.320. The van der Waals surface area contributed by atoms with E-state index in [1.54, 1.807) is 0 Å². The molecule has 20 heavy (non-hydrogen) atoms. The summed E-state index contributed by atoms with van der Waals surface area (Å²) in [5.41, 5.74) is 0. The molecule has 0 bridgehead atoms. The zero-order valence-corrected chi connectivity index (χ0v) is 13.3. The zero-order chi connectivity index (χ0) is 13.7. The van der Waals surface area contributed by atoms with E-state index < -0.39 is 0 Å². The molecule has 0 aromatic rings. The highest BCUT2D eigenvalue weighted by Crippen LogP contribution is 2.26. The molecular formula is C15H29ClN2O2. The van der Waals surface area contributed by atoms with Gasteiger partial charge in [-0.25, -0.2) is 0 Å². The Morgan fingerprint density at radius 1 is 1.30 bits per heavy atom. The van der Waals surface area contributed by atoms with E-state index in [2.05, 4.69) is 17.6 Å². The second-order valence-corrected chi connectivity index (χ2v) is 6.33. The van der Waals surface area contributed by atoms with Gasteiger partial charge in [-0.2, -0.15) is 0 Å². The maximum absolute atomic E-state index is 12.0. The highest BCUT2D eigenvalue weighted by molar-refractivity contribution is 5.85. The van der Waals surface area contributed by atoms with Crippen molar-refractivity contribution in [1.82, 2.24) is 10.6 Å². The molecule has 1 saturated heterocycles. The van der Waals surface area contributed by atoms with E-state index >= 15 is 0 Å². The Morgan fingerprint density at radius 3 is 2.60 bits per heavy atom. The van der Waals surface area contributed by atoms with Gasteiger partial charge in [0.05, 0.1) is 6.10 Å². The fourth-order valence-electron chi connectivity index (χ4n) is 3.44. The predicted molar refractivity (Wildman–Crippen MR) is 83.0 cm³/mol. The van der Waals surface area contributed by atoms with Crippen molar-refractivity contribution in [3.05, 3.63) is 0 Å². The summed E-state index contributed by atoms with van der Waals surface area (Å²) in [5.74, 6) is 1.59. The van der Waals surface area contributed by atoms with Crippen molar-refractivity contribution >= 4 is 18.3 Å². The second kappa shape index (κ2) is 8.85. The van der Waals surface area contributed by atoms with Crippen LogP contribution in [0.2, 0.25) is 0 Å². The summed E-state index contributed by atoms with van der Waals surface area (Å²) < 4.78 is 0. The smallest absolute Gasteiger partial charge is 0.220 e. The lowest BCUT2D eigenvalue weighted by molar-refractivity contribution is -0.122.